The molecule has 1 amide bonds. The first-order valence-corrected chi connectivity index (χ1v) is 8.11. The molecule has 2 aromatic rings. The second-order valence-corrected chi connectivity index (χ2v) is 6.88. The molecule has 124 valence electrons. The fourth-order valence-electron chi connectivity index (χ4n) is 4.38. The standard InChI is InChI=1S/C18H22N2O2.ClH/c1-20(10-14-9-11-4-2-3-5-15(11)22-14)18(21)16-12-6-7-13(8-12)17(16)19;/h2-5,9,12-13,16-17H,6-8,10,19H2,1H3;1H. The lowest BCUT2D eigenvalue weighted by Crippen LogP contribution is -2.45. The van der Waals surface area contributed by atoms with Gasteiger partial charge in [0.2, 0.25) is 5.91 Å². The summed E-state index contributed by atoms with van der Waals surface area (Å²) in [6, 6.07) is 9.98. The fourth-order valence-corrected chi connectivity index (χ4v) is 4.38. The van der Waals surface area contributed by atoms with Crippen LogP contribution in [-0.4, -0.2) is 23.9 Å². The summed E-state index contributed by atoms with van der Waals surface area (Å²) >= 11 is 0. The van der Waals surface area contributed by atoms with Crippen molar-refractivity contribution in [2.45, 2.75) is 31.8 Å². The van der Waals surface area contributed by atoms with Crippen LogP contribution in [-0.2, 0) is 11.3 Å². The van der Waals surface area contributed by atoms with Crippen LogP contribution in [0.25, 0.3) is 11.0 Å². The molecule has 1 heterocycles. The first-order valence-electron chi connectivity index (χ1n) is 8.11. The summed E-state index contributed by atoms with van der Waals surface area (Å²) in [6.45, 7) is 0.508. The smallest absolute Gasteiger partial charge is 0.227 e. The number of amides is 1. The summed E-state index contributed by atoms with van der Waals surface area (Å²) in [6.07, 6.45) is 3.49. The van der Waals surface area contributed by atoms with Gasteiger partial charge >= 0.3 is 0 Å². The number of furan rings is 1. The molecule has 1 aromatic heterocycles. The molecular formula is C18H23ClN2O2. The van der Waals surface area contributed by atoms with E-state index in [2.05, 4.69) is 0 Å². The zero-order valence-electron chi connectivity index (χ0n) is 13.3. The molecule has 1 aromatic carbocycles. The van der Waals surface area contributed by atoms with Gasteiger partial charge in [0.05, 0.1) is 12.5 Å². The van der Waals surface area contributed by atoms with Crippen molar-refractivity contribution < 1.29 is 9.21 Å². The van der Waals surface area contributed by atoms with Gasteiger partial charge in [-0.05, 0) is 43.2 Å². The lowest BCUT2D eigenvalue weighted by atomic mass is 9.84. The fraction of sp³-hybridized carbons (Fsp3) is 0.500. The third-order valence-electron chi connectivity index (χ3n) is 5.51. The largest absolute Gasteiger partial charge is 0.459 e. The van der Waals surface area contributed by atoms with Crippen molar-refractivity contribution in [3.63, 3.8) is 0 Å². The van der Waals surface area contributed by atoms with Gasteiger partial charge in [-0.15, -0.1) is 12.4 Å². The summed E-state index contributed by atoms with van der Waals surface area (Å²) in [7, 11) is 1.86. The monoisotopic (exact) mass is 334 g/mol. The van der Waals surface area contributed by atoms with E-state index < -0.39 is 0 Å². The predicted octanol–water partition coefficient (Wildman–Crippen LogP) is 3.19. The number of fused-ring (bicyclic) bond motifs is 3. The molecule has 2 saturated carbocycles. The van der Waals surface area contributed by atoms with E-state index in [9.17, 15) is 4.79 Å². The van der Waals surface area contributed by atoms with Crippen molar-refractivity contribution in [3.8, 4) is 0 Å². The van der Waals surface area contributed by atoms with Crippen LogP contribution in [0.4, 0.5) is 0 Å². The van der Waals surface area contributed by atoms with Crippen LogP contribution in [0.1, 0.15) is 25.0 Å². The van der Waals surface area contributed by atoms with E-state index >= 15 is 0 Å². The maximum atomic E-state index is 12.8. The van der Waals surface area contributed by atoms with Gasteiger partial charge in [-0.25, -0.2) is 0 Å². The van der Waals surface area contributed by atoms with E-state index in [1.54, 1.807) is 4.90 Å². The zero-order valence-corrected chi connectivity index (χ0v) is 14.1. The van der Waals surface area contributed by atoms with Gasteiger partial charge in [0.25, 0.3) is 0 Å². The van der Waals surface area contributed by atoms with E-state index in [0.29, 0.717) is 18.4 Å². The molecule has 4 rings (SSSR count). The van der Waals surface area contributed by atoms with E-state index in [-0.39, 0.29) is 30.3 Å². The van der Waals surface area contributed by atoms with Gasteiger partial charge in [0.15, 0.2) is 0 Å². The summed E-state index contributed by atoms with van der Waals surface area (Å²) in [5.41, 5.74) is 7.16. The molecule has 0 spiro atoms. The average molecular weight is 335 g/mol. The van der Waals surface area contributed by atoms with Crippen molar-refractivity contribution in [3.05, 3.63) is 36.1 Å². The Bertz CT molecular complexity index is 679. The minimum atomic E-state index is 0. The Kier molecular flexibility index (Phi) is 4.39. The molecule has 2 aliphatic carbocycles. The predicted molar refractivity (Wildman–Crippen MR) is 92.2 cm³/mol. The highest BCUT2D eigenvalue weighted by molar-refractivity contribution is 5.85. The van der Waals surface area contributed by atoms with Crippen LogP contribution in [0.5, 0.6) is 0 Å². The minimum Gasteiger partial charge on any atom is -0.459 e. The number of carbonyl (C=O) groups excluding carboxylic acids is 1. The Morgan fingerprint density at radius 2 is 2.04 bits per heavy atom. The highest BCUT2D eigenvalue weighted by Crippen LogP contribution is 2.48. The SMILES string of the molecule is CN(Cc1cc2ccccc2o1)C(=O)C1C2CCC(C2)C1N.Cl. The second-order valence-electron chi connectivity index (χ2n) is 6.88. The van der Waals surface area contributed by atoms with Gasteiger partial charge in [0.1, 0.15) is 11.3 Å². The van der Waals surface area contributed by atoms with Crippen LogP contribution >= 0.6 is 12.4 Å². The molecule has 2 aliphatic rings. The quantitative estimate of drug-likeness (QED) is 0.937. The first kappa shape index (κ1) is 16.3. The number of carbonyl (C=O) groups is 1. The van der Waals surface area contributed by atoms with Crippen LogP contribution in [0.3, 0.4) is 0 Å². The van der Waals surface area contributed by atoms with Gasteiger partial charge in [-0.3, -0.25) is 4.79 Å². The molecular weight excluding hydrogens is 312 g/mol. The zero-order chi connectivity index (χ0) is 15.3. The Labute approximate surface area is 142 Å². The highest BCUT2D eigenvalue weighted by Gasteiger charge is 2.49. The molecule has 4 atom stereocenters. The number of benzene rings is 1. The molecule has 5 heteroatoms. The highest BCUT2D eigenvalue weighted by atomic mass is 35.5. The van der Waals surface area contributed by atoms with Crippen LogP contribution in [0, 0.1) is 17.8 Å². The molecule has 0 aliphatic heterocycles. The van der Waals surface area contributed by atoms with Gasteiger partial charge < -0.3 is 15.1 Å². The maximum Gasteiger partial charge on any atom is 0.227 e. The summed E-state index contributed by atoms with van der Waals surface area (Å²) in [4.78, 5) is 14.6. The number of hydrogen-bond acceptors (Lipinski definition) is 3. The minimum absolute atomic E-state index is 0. The Morgan fingerprint density at radius 1 is 1.30 bits per heavy atom. The molecule has 0 saturated heterocycles. The van der Waals surface area contributed by atoms with Gasteiger partial charge in [-0.1, -0.05) is 18.2 Å². The van der Waals surface area contributed by atoms with Gasteiger partial charge in [0, 0.05) is 18.5 Å². The van der Waals surface area contributed by atoms with E-state index in [1.807, 2.05) is 37.4 Å². The Balaban J connectivity index is 0.00000156. The summed E-state index contributed by atoms with van der Waals surface area (Å²) in [5, 5.41) is 1.08. The van der Waals surface area contributed by atoms with E-state index in [1.165, 1.54) is 6.42 Å². The Hall–Kier alpha value is -1.52. The molecule has 23 heavy (non-hydrogen) atoms. The summed E-state index contributed by atoms with van der Waals surface area (Å²) in [5.74, 6) is 2.06. The lowest BCUT2D eigenvalue weighted by molar-refractivity contribution is -0.137. The number of halogens is 1. The molecule has 2 fully saturated rings. The molecule has 2 N–H and O–H groups in total. The topological polar surface area (TPSA) is 59.5 Å². The van der Waals surface area contributed by atoms with Crippen LogP contribution in [0.2, 0.25) is 0 Å². The van der Waals surface area contributed by atoms with E-state index in [0.717, 1.165) is 29.6 Å². The van der Waals surface area contributed by atoms with Crippen LogP contribution < -0.4 is 5.73 Å². The molecule has 2 bridgehead atoms. The van der Waals surface area contributed by atoms with Crippen molar-refractivity contribution in [1.29, 1.82) is 0 Å². The number of nitrogens with zero attached hydrogens (tertiary/aromatic N) is 1. The molecule has 4 nitrogen and oxygen atoms in total. The van der Waals surface area contributed by atoms with E-state index in [4.69, 9.17) is 10.2 Å². The number of rotatable bonds is 3. The van der Waals surface area contributed by atoms with Crippen molar-refractivity contribution in [1.82, 2.24) is 4.90 Å². The lowest BCUT2D eigenvalue weighted by Gasteiger charge is -2.30. The first-order chi connectivity index (χ1) is 10.6. The number of para-hydroxylation sites is 1. The van der Waals surface area contributed by atoms with Crippen molar-refractivity contribution in [2.75, 3.05) is 7.05 Å². The summed E-state index contributed by atoms with van der Waals surface area (Å²) < 4.78 is 5.82. The third kappa shape index (κ3) is 2.74. The number of nitrogens with two attached hydrogens (primary N) is 1. The average Bonchev–Trinajstić information content (AvgIpc) is 3.19. The molecule has 0 radical (unpaired) electrons. The maximum absolute atomic E-state index is 12.8. The second kappa shape index (κ2) is 6.17. The normalized spacial score (nSPS) is 28.8. The van der Waals surface area contributed by atoms with Crippen LogP contribution in [0.15, 0.2) is 34.7 Å². The number of hydrogen-bond donors (Lipinski definition) is 1. The van der Waals surface area contributed by atoms with Crippen molar-refractivity contribution >= 4 is 29.3 Å². The Morgan fingerprint density at radius 3 is 2.74 bits per heavy atom. The van der Waals surface area contributed by atoms with Crippen molar-refractivity contribution in [2.24, 2.45) is 23.5 Å². The van der Waals surface area contributed by atoms with Gasteiger partial charge in [-0.2, -0.15) is 0 Å². The molecule has 4 unspecified atom stereocenters. The third-order valence-corrected chi connectivity index (χ3v) is 5.51.